The summed E-state index contributed by atoms with van der Waals surface area (Å²) in [7, 11) is 1.65. The second kappa shape index (κ2) is 6.20. The average molecular weight is 332 g/mol. The topological polar surface area (TPSA) is 76.7 Å². The van der Waals surface area contributed by atoms with Gasteiger partial charge in [0.1, 0.15) is 12.1 Å². The molecule has 2 aromatic carbocycles. The van der Waals surface area contributed by atoms with Crippen molar-refractivity contribution in [1.82, 2.24) is 19.8 Å². The van der Waals surface area contributed by atoms with Crippen LogP contribution in [0.4, 0.5) is 5.82 Å². The normalized spacial score (nSPS) is 11.8. The molecule has 0 bridgehead atoms. The van der Waals surface area contributed by atoms with Gasteiger partial charge in [0, 0.05) is 10.8 Å². The van der Waals surface area contributed by atoms with E-state index in [1.54, 1.807) is 18.0 Å². The van der Waals surface area contributed by atoms with Gasteiger partial charge in [0.25, 0.3) is 0 Å². The molecule has 124 valence electrons. The fraction of sp³-hybridized carbons (Fsp3) is 0.111. The van der Waals surface area contributed by atoms with E-state index in [0.717, 1.165) is 33.4 Å². The fourth-order valence-electron chi connectivity index (χ4n) is 2.64. The molecule has 2 heterocycles. The van der Waals surface area contributed by atoms with Gasteiger partial charge in [-0.1, -0.05) is 24.3 Å². The molecule has 0 spiro atoms. The van der Waals surface area contributed by atoms with Crippen LogP contribution in [0.5, 0.6) is 5.75 Å². The number of methoxy groups -OCH3 is 1. The minimum absolute atomic E-state index is 0.649. The number of nitrogens with one attached hydrogen (secondary N) is 1. The highest BCUT2D eigenvalue weighted by Gasteiger charge is 2.09. The van der Waals surface area contributed by atoms with E-state index in [2.05, 4.69) is 25.8 Å². The van der Waals surface area contributed by atoms with E-state index < -0.39 is 0 Å². The minimum Gasteiger partial charge on any atom is -0.497 e. The second-order valence-corrected chi connectivity index (χ2v) is 5.53. The third-order valence-electron chi connectivity index (χ3n) is 4.00. The number of fused-ring (bicyclic) bond motifs is 3. The van der Waals surface area contributed by atoms with E-state index in [1.165, 1.54) is 0 Å². The third-order valence-corrected chi connectivity index (χ3v) is 4.00. The van der Waals surface area contributed by atoms with Crippen LogP contribution in [-0.4, -0.2) is 32.6 Å². The van der Waals surface area contributed by atoms with E-state index in [-0.39, 0.29) is 0 Å². The van der Waals surface area contributed by atoms with Crippen molar-refractivity contribution in [2.24, 2.45) is 5.10 Å². The van der Waals surface area contributed by atoms with Crippen LogP contribution in [0.25, 0.3) is 16.4 Å². The molecule has 0 atom stereocenters. The Balaban J connectivity index is 1.71. The molecule has 0 radical (unpaired) electrons. The van der Waals surface area contributed by atoms with Crippen LogP contribution in [0.15, 0.2) is 60.0 Å². The van der Waals surface area contributed by atoms with E-state index in [0.29, 0.717) is 5.82 Å². The molecule has 7 nitrogen and oxygen atoms in total. The summed E-state index contributed by atoms with van der Waals surface area (Å²) in [6.07, 6.45) is 1.58. The number of benzene rings is 2. The van der Waals surface area contributed by atoms with Gasteiger partial charge < -0.3 is 4.74 Å². The number of anilines is 1. The number of ether oxygens (including phenoxy) is 1. The van der Waals surface area contributed by atoms with Gasteiger partial charge in [0.15, 0.2) is 11.5 Å². The maximum Gasteiger partial charge on any atom is 0.185 e. The summed E-state index contributed by atoms with van der Waals surface area (Å²) in [5, 5.41) is 18.9. The van der Waals surface area contributed by atoms with Crippen LogP contribution in [0.1, 0.15) is 12.5 Å². The van der Waals surface area contributed by atoms with Crippen molar-refractivity contribution in [2.75, 3.05) is 12.5 Å². The average Bonchev–Trinajstić information content (AvgIpc) is 3.14. The van der Waals surface area contributed by atoms with E-state index >= 15 is 0 Å². The number of hydrazone groups is 1. The zero-order chi connectivity index (χ0) is 17.2. The molecular formula is C18H16N6O. The summed E-state index contributed by atoms with van der Waals surface area (Å²) >= 11 is 0. The molecule has 0 fully saturated rings. The van der Waals surface area contributed by atoms with Crippen molar-refractivity contribution in [3.05, 3.63) is 60.4 Å². The molecular weight excluding hydrogens is 316 g/mol. The molecule has 0 saturated carbocycles. The van der Waals surface area contributed by atoms with Gasteiger partial charge in [0.05, 0.1) is 12.8 Å². The van der Waals surface area contributed by atoms with E-state index in [9.17, 15) is 0 Å². The number of rotatable bonds is 4. The van der Waals surface area contributed by atoms with Crippen LogP contribution in [0.2, 0.25) is 0 Å². The molecule has 0 saturated heterocycles. The Hall–Kier alpha value is -3.48. The fourth-order valence-corrected chi connectivity index (χ4v) is 2.64. The lowest BCUT2D eigenvalue weighted by Crippen LogP contribution is -2.04. The van der Waals surface area contributed by atoms with Crippen molar-refractivity contribution >= 4 is 27.9 Å². The maximum atomic E-state index is 5.18. The number of aromatic nitrogens is 4. The Morgan fingerprint density at radius 1 is 1.08 bits per heavy atom. The standard InChI is InChI=1S/C18H16N6O/c1-12(13-7-9-14(25-2)10-8-13)20-21-17-15-5-3-4-6-16(15)18-22-19-11-24(18)23-17/h3-11H,1-2H3,(H,21,23)/b20-12+. The van der Waals surface area contributed by atoms with E-state index in [1.807, 2.05) is 55.5 Å². The molecule has 0 aliphatic heterocycles. The molecule has 7 heteroatoms. The molecule has 2 aromatic heterocycles. The van der Waals surface area contributed by atoms with Crippen molar-refractivity contribution < 1.29 is 4.74 Å². The summed E-state index contributed by atoms with van der Waals surface area (Å²) in [6.45, 7) is 1.94. The maximum absolute atomic E-state index is 5.18. The lowest BCUT2D eigenvalue weighted by molar-refractivity contribution is 0.415. The predicted molar refractivity (Wildman–Crippen MR) is 97.1 cm³/mol. The Kier molecular flexibility index (Phi) is 3.74. The molecule has 0 unspecified atom stereocenters. The zero-order valence-electron chi connectivity index (χ0n) is 13.8. The third kappa shape index (κ3) is 2.76. The summed E-state index contributed by atoms with van der Waals surface area (Å²) in [4.78, 5) is 0. The molecule has 1 N–H and O–H groups in total. The highest BCUT2D eigenvalue weighted by atomic mass is 16.5. The molecule has 25 heavy (non-hydrogen) atoms. The van der Waals surface area contributed by atoms with Gasteiger partial charge in [0.2, 0.25) is 0 Å². The highest BCUT2D eigenvalue weighted by molar-refractivity contribution is 6.01. The Morgan fingerprint density at radius 3 is 2.60 bits per heavy atom. The van der Waals surface area contributed by atoms with Gasteiger partial charge in [-0.15, -0.1) is 15.3 Å². The van der Waals surface area contributed by atoms with Gasteiger partial charge in [-0.3, -0.25) is 5.43 Å². The Morgan fingerprint density at radius 2 is 1.84 bits per heavy atom. The van der Waals surface area contributed by atoms with Crippen LogP contribution in [0.3, 0.4) is 0 Å². The lowest BCUT2D eigenvalue weighted by atomic mass is 10.1. The Bertz CT molecular complexity index is 1070. The SMILES string of the molecule is COc1ccc(/C(C)=N/Nc2nn3cnnc3c3ccccc23)cc1. The van der Waals surface area contributed by atoms with Crippen molar-refractivity contribution in [3.63, 3.8) is 0 Å². The van der Waals surface area contributed by atoms with Crippen molar-refractivity contribution in [3.8, 4) is 5.75 Å². The van der Waals surface area contributed by atoms with Gasteiger partial charge in [-0.2, -0.15) is 9.62 Å². The largest absolute Gasteiger partial charge is 0.497 e. The minimum atomic E-state index is 0.649. The first kappa shape index (κ1) is 15.1. The van der Waals surface area contributed by atoms with Gasteiger partial charge in [-0.05, 0) is 36.8 Å². The van der Waals surface area contributed by atoms with Crippen LogP contribution in [-0.2, 0) is 0 Å². The molecule has 0 amide bonds. The summed E-state index contributed by atoms with van der Waals surface area (Å²) in [6, 6.07) is 15.6. The van der Waals surface area contributed by atoms with Crippen LogP contribution >= 0.6 is 0 Å². The first-order valence-corrected chi connectivity index (χ1v) is 7.80. The molecule has 4 rings (SSSR count). The van der Waals surface area contributed by atoms with Crippen molar-refractivity contribution in [1.29, 1.82) is 0 Å². The van der Waals surface area contributed by atoms with Crippen LogP contribution in [0, 0.1) is 0 Å². The number of hydrogen-bond donors (Lipinski definition) is 1. The van der Waals surface area contributed by atoms with Crippen LogP contribution < -0.4 is 10.2 Å². The van der Waals surface area contributed by atoms with Gasteiger partial charge in [-0.25, -0.2) is 0 Å². The highest BCUT2D eigenvalue weighted by Crippen LogP contribution is 2.24. The summed E-state index contributed by atoms with van der Waals surface area (Å²) in [5.41, 5.74) is 5.63. The molecule has 4 aromatic rings. The zero-order valence-corrected chi connectivity index (χ0v) is 13.8. The molecule has 0 aliphatic rings. The summed E-state index contributed by atoms with van der Waals surface area (Å²) in [5.74, 6) is 1.46. The summed E-state index contributed by atoms with van der Waals surface area (Å²) < 4.78 is 6.82. The lowest BCUT2D eigenvalue weighted by Gasteiger charge is -2.08. The molecule has 0 aliphatic carbocycles. The predicted octanol–water partition coefficient (Wildman–Crippen LogP) is 3.12. The van der Waals surface area contributed by atoms with Gasteiger partial charge >= 0.3 is 0 Å². The first-order chi connectivity index (χ1) is 12.3. The number of nitrogens with zero attached hydrogens (tertiary/aromatic N) is 5. The smallest absolute Gasteiger partial charge is 0.185 e. The van der Waals surface area contributed by atoms with Crippen molar-refractivity contribution in [2.45, 2.75) is 6.92 Å². The van der Waals surface area contributed by atoms with E-state index in [4.69, 9.17) is 4.74 Å². The first-order valence-electron chi connectivity index (χ1n) is 7.80. The number of hydrogen-bond acceptors (Lipinski definition) is 6. The second-order valence-electron chi connectivity index (χ2n) is 5.53. The Labute approximate surface area is 144 Å². The quantitative estimate of drug-likeness (QED) is 0.459. The monoisotopic (exact) mass is 332 g/mol.